The minimum atomic E-state index is -0.191. The molecule has 0 saturated heterocycles. The van der Waals surface area contributed by atoms with E-state index in [1.165, 1.54) is 16.9 Å². The Bertz CT molecular complexity index is 1340. The van der Waals surface area contributed by atoms with Crippen LogP contribution in [0.3, 0.4) is 0 Å². The zero-order valence-electron chi connectivity index (χ0n) is 20.7. The van der Waals surface area contributed by atoms with E-state index in [-0.39, 0.29) is 29.3 Å². The van der Waals surface area contributed by atoms with E-state index in [9.17, 15) is 9.59 Å². The summed E-state index contributed by atoms with van der Waals surface area (Å²) in [5, 5.41) is 6.12. The van der Waals surface area contributed by atoms with Crippen molar-refractivity contribution in [1.29, 1.82) is 0 Å². The maximum atomic E-state index is 12.9. The number of benzene rings is 1. The van der Waals surface area contributed by atoms with Gasteiger partial charge in [-0.05, 0) is 43.4 Å². The number of aromatic amines is 1. The van der Waals surface area contributed by atoms with Crippen molar-refractivity contribution in [3.63, 3.8) is 0 Å². The van der Waals surface area contributed by atoms with E-state index >= 15 is 0 Å². The van der Waals surface area contributed by atoms with Crippen molar-refractivity contribution in [2.24, 2.45) is 5.41 Å². The van der Waals surface area contributed by atoms with E-state index in [0.717, 1.165) is 11.3 Å². The molecule has 0 fully saturated rings. The fraction of sp³-hybridized carbons (Fsp3) is 0.333. The third-order valence-electron chi connectivity index (χ3n) is 6.12. The molecule has 1 aromatic carbocycles. The second-order valence-corrected chi connectivity index (χ2v) is 11.0. The Labute approximate surface area is 209 Å². The Morgan fingerprint density at radius 3 is 2.49 bits per heavy atom. The lowest BCUT2D eigenvalue weighted by molar-refractivity contribution is 0.0909. The molecular weight excluding hydrogens is 458 g/mol. The molecule has 35 heavy (non-hydrogen) atoms. The third kappa shape index (κ3) is 5.77. The summed E-state index contributed by atoms with van der Waals surface area (Å²) in [7, 11) is 0. The van der Waals surface area contributed by atoms with Crippen LogP contribution >= 0.6 is 11.3 Å². The van der Waals surface area contributed by atoms with Gasteiger partial charge in [-0.25, -0.2) is 9.97 Å². The first-order valence-corrected chi connectivity index (χ1v) is 12.5. The number of nitrogens with one attached hydrogen (secondary N) is 3. The molecule has 2 amide bonds. The Kier molecular flexibility index (Phi) is 7.03. The number of amides is 2. The van der Waals surface area contributed by atoms with Crippen molar-refractivity contribution in [2.75, 3.05) is 0 Å². The molecule has 0 saturated carbocycles. The molecule has 0 aliphatic heterocycles. The Balaban J connectivity index is 1.49. The Hall–Kier alpha value is -3.52. The number of thiophene rings is 1. The molecule has 8 heteroatoms. The van der Waals surface area contributed by atoms with Crippen LogP contribution in [-0.2, 0) is 6.42 Å². The summed E-state index contributed by atoms with van der Waals surface area (Å²) in [6, 6.07) is 13.7. The molecule has 7 nitrogen and oxygen atoms in total. The van der Waals surface area contributed by atoms with Gasteiger partial charge < -0.3 is 15.6 Å². The molecule has 0 radical (unpaired) electrons. The molecule has 0 bridgehead atoms. The number of carbonyl (C=O) groups is 2. The first-order valence-electron chi connectivity index (χ1n) is 11.7. The number of hydrogen-bond acceptors (Lipinski definition) is 5. The smallest absolute Gasteiger partial charge is 0.261 e. The summed E-state index contributed by atoms with van der Waals surface area (Å²) in [5.41, 5.74) is 3.25. The lowest BCUT2D eigenvalue weighted by Crippen LogP contribution is -2.41. The fourth-order valence-corrected chi connectivity index (χ4v) is 4.45. The summed E-state index contributed by atoms with van der Waals surface area (Å²) < 4.78 is 0. The lowest BCUT2D eigenvalue weighted by atomic mass is 9.88. The highest BCUT2D eigenvalue weighted by Gasteiger charge is 2.24. The van der Waals surface area contributed by atoms with Gasteiger partial charge in [0.05, 0.1) is 27.2 Å². The number of fused-ring (bicyclic) bond motifs is 1. The Morgan fingerprint density at radius 2 is 1.77 bits per heavy atom. The van der Waals surface area contributed by atoms with E-state index in [0.29, 0.717) is 27.3 Å². The van der Waals surface area contributed by atoms with Gasteiger partial charge in [-0.3, -0.25) is 9.59 Å². The van der Waals surface area contributed by atoms with Gasteiger partial charge in [-0.1, -0.05) is 51.1 Å². The second kappa shape index (κ2) is 10.00. The molecule has 4 aromatic rings. The molecule has 3 N–H and O–H groups in total. The maximum Gasteiger partial charge on any atom is 0.261 e. The van der Waals surface area contributed by atoms with Gasteiger partial charge in [0.1, 0.15) is 5.52 Å². The summed E-state index contributed by atoms with van der Waals surface area (Å²) in [6.07, 6.45) is 4.06. The van der Waals surface area contributed by atoms with Gasteiger partial charge in [0, 0.05) is 18.3 Å². The first kappa shape index (κ1) is 24.6. The van der Waals surface area contributed by atoms with Crippen LogP contribution in [0, 0.1) is 5.41 Å². The van der Waals surface area contributed by atoms with E-state index in [4.69, 9.17) is 4.98 Å². The zero-order chi connectivity index (χ0) is 25.2. The topological polar surface area (TPSA) is 99.8 Å². The molecule has 0 aliphatic carbocycles. The average molecular weight is 490 g/mol. The number of H-pyrrole nitrogens is 1. The van der Waals surface area contributed by atoms with Gasteiger partial charge >= 0.3 is 0 Å². The van der Waals surface area contributed by atoms with Crippen molar-refractivity contribution < 1.29 is 9.59 Å². The fourth-order valence-electron chi connectivity index (χ4n) is 3.59. The van der Waals surface area contributed by atoms with Crippen LogP contribution in [0.2, 0.25) is 0 Å². The van der Waals surface area contributed by atoms with Crippen LogP contribution < -0.4 is 10.6 Å². The molecule has 0 spiro atoms. The van der Waals surface area contributed by atoms with Crippen LogP contribution in [-0.4, -0.2) is 38.8 Å². The molecule has 182 valence electrons. The monoisotopic (exact) mass is 489 g/mol. The number of hydrogen-bond donors (Lipinski definition) is 3. The molecule has 2 atom stereocenters. The van der Waals surface area contributed by atoms with Crippen LogP contribution in [0.1, 0.15) is 60.2 Å². The lowest BCUT2D eigenvalue weighted by Gasteiger charge is -2.27. The van der Waals surface area contributed by atoms with Gasteiger partial charge in [0.2, 0.25) is 0 Å². The predicted molar refractivity (Wildman–Crippen MR) is 141 cm³/mol. The number of rotatable bonds is 7. The summed E-state index contributed by atoms with van der Waals surface area (Å²) in [6.45, 7) is 10.2. The summed E-state index contributed by atoms with van der Waals surface area (Å²) in [5.74, 6) is -0.305. The van der Waals surface area contributed by atoms with Crippen molar-refractivity contribution in [3.05, 3.63) is 70.9 Å². The van der Waals surface area contributed by atoms with E-state index in [2.05, 4.69) is 53.5 Å². The van der Waals surface area contributed by atoms with Gasteiger partial charge in [-0.2, -0.15) is 0 Å². The molecule has 3 aromatic heterocycles. The van der Waals surface area contributed by atoms with Crippen LogP contribution in [0.5, 0.6) is 0 Å². The first-order chi connectivity index (χ1) is 16.6. The average Bonchev–Trinajstić information content (AvgIpc) is 3.46. The molecule has 4 rings (SSSR count). The largest absolute Gasteiger partial charge is 0.349 e. The van der Waals surface area contributed by atoms with E-state index < -0.39 is 0 Å². The quantitative estimate of drug-likeness (QED) is 0.332. The SMILES string of the molecule is C[C@H](Cc1ccccc1)NC(=O)c1ccc(-c2cnc3[nH]cc(C(=O)N[C@@H](C)C(C)(C)C)c3n2)s1. The van der Waals surface area contributed by atoms with Crippen molar-refractivity contribution in [1.82, 2.24) is 25.6 Å². The van der Waals surface area contributed by atoms with Crippen molar-refractivity contribution in [2.45, 2.75) is 53.1 Å². The second-order valence-electron chi connectivity index (χ2n) is 9.94. The molecular formula is C27H31N5O2S. The normalized spacial score (nSPS) is 13.4. The van der Waals surface area contributed by atoms with Crippen LogP contribution in [0.4, 0.5) is 0 Å². The van der Waals surface area contributed by atoms with Crippen LogP contribution in [0.25, 0.3) is 21.7 Å². The van der Waals surface area contributed by atoms with Crippen molar-refractivity contribution in [3.8, 4) is 10.6 Å². The summed E-state index contributed by atoms with van der Waals surface area (Å²) >= 11 is 1.36. The van der Waals surface area contributed by atoms with Gasteiger partial charge in [0.25, 0.3) is 11.8 Å². The molecule has 3 heterocycles. The maximum absolute atomic E-state index is 12.9. The third-order valence-corrected chi connectivity index (χ3v) is 7.22. The summed E-state index contributed by atoms with van der Waals surface area (Å²) in [4.78, 5) is 39.3. The van der Waals surface area contributed by atoms with Gasteiger partial charge in [0.15, 0.2) is 5.65 Å². The highest BCUT2D eigenvalue weighted by molar-refractivity contribution is 7.17. The highest BCUT2D eigenvalue weighted by atomic mass is 32.1. The molecule has 0 unspecified atom stereocenters. The number of aromatic nitrogens is 3. The number of carbonyl (C=O) groups excluding carboxylic acids is 2. The van der Waals surface area contributed by atoms with Crippen LogP contribution in [0.15, 0.2) is 54.9 Å². The standard InChI is InChI=1S/C27H31N5O2S/c1-16(13-18-9-7-6-8-10-18)30-26(34)22-12-11-21(35-22)20-15-29-24-23(32-20)19(14-28-24)25(33)31-17(2)27(3,4)5/h6-12,14-17H,13H2,1-5H3,(H,28,29)(H,30,34)(H,31,33)/t16-,17+/m1/s1. The molecule has 0 aliphatic rings. The number of nitrogens with zero attached hydrogens (tertiary/aromatic N) is 2. The van der Waals surface area contributed by atoms with E-state index in [1.54, 1.807) is 18.5 Å². The van der Waals surface area contributed by atoms with Crippen molar-refractivity contribution >= 4 is 34.3 Å². The Morgan fingerprint density at radius 1 is 1.03 bits per heavy atom. The predicted octanol–water partition coefficient (Wildman–Crippen LogP) is 5.21. The zero-order valence-corrected chi connectivity index (χ0v) is 21.5. The minimum absolute atomic E-state index is 0.00279. The van der Waals surface area contributed by atoms with E-state index in [1.807, 2.05) is 38.1 Å². The minimum Gasteiger partial charge on any atom is -0.349 e. The van der Waals surface area contributed by atoms with Gasteiger partial charge in [-0.15, -0.1) is 11.3 Å². The highest BCUT2D eigenvalue weighted by Crippen LogP contribution is 2.28.